The van der Waals surface area contributed by atoms with E-state index in [0.717, 1.165) is 10.9 Å². The van der Waals surface area contributed by atoms with Crippen molar-refractivity contribution >= 4 is 27.7 Å². The minimum atomic E-state index is -0.122. The summed E-state index contributed by atoms with van der Waals surface area (Å²) in [6.45, 7) is 4.04. The van der Waals surface area contributed by atoms with Crippen molar-refractivity contribution in [2.75, 3.05) is 5.32 Å². The maximum absolute atomic E-state index is 12.1. The van der Waals surface area contributed by atoms with Crippen LogP contribution in [-0.4, -0.2) is 15.7 Å². The molecule has 4 nitrogen and oxygen atoms in total. The first kappa shape index (κ1) is 13.8. The third kappa shape index (κ3) is 3.23. The van der Waals surface area contributed by atoms with E-state index in [1.165, 1.54) is 0 Å². The summed E-state index contributed by atoms with van der Waals surface area (Å²) >= 11 is 3.38. The normalized spacial score (nSPS) is 10.7. The van der Waals surface area contributed by atoms with Crippen LogP contribution in [0.15, 0.2) is 36.5 Å². The van der Waals surface area contributed by atoms with Crippen LogP contribution in [0.2, 0.25) is 0 Å². The number of benzene rings is 1. The largest absolute Gasteiger partial charge is 0.307 e. The molecule has 0 atom stereocenters. The number of carbonyl (C=O) groups is 1. The van der Waals surface area contributed by atoms with E-state index in [0.29, 0.717) is 11.4 Å². The average molecular weight is 322 g/mol. The van der Waals surface area contributed by atoms with Gasteiger partial charge >= 0.3 is 0 Å². The first-order valence-corrected chi connectivity index (χ1v) is 7.23. The molecule has 5 heteroatoms. The Morgan fingerprint density at radius 1 is 1.32 bits per heavy atom. The van der Waals surface area contributed by atoms with Crippen molar-refractivity contribution in [2.45, 2.75) is 25.2 Å². The highest BCUT2D eigenvalue weighted by Gasteiger charge is 2.10. The van der Waals surface area contributed by atoms with Crippen LogP contribution in [0.5, 0.6) is 0 Å². The minimum Gasteiger partial charge on any atom is -0.307 e. The lowest BCUT2D eigenvalue weighted by Crippen LogP contribution is -2.16. The van der Waals surface area contributed by atoms with Gasteiger partial charge in [0.15, 0.2) is 0 Å². The number of alkyl halides is 1. The summed E-state index contributed by atoms with van der Waals surface area (Å²) < 4.78 is 1.78. The van der Waals surface area contributed by atoms with Gasteiger partial charge in [-0.05, 0) is 31.5 Å². The van der Waals surface area contributed by atoms with Crippen molar-refractivity contribution in [1.82, 2.24) is 9.78 Å². The molecular formula is C14H16BrN3O. The number of amides is 1. The van der Waals surface area contributed by atoms with Gasteiger partial charge in [0.1, 0.15) is 5.82 Å². The molecule has 0 fully saturated rings. The minimum absolute atomic E-state index is 0.122. The van der Waals surface area contributed by atoms with Crippen molar-refractivity contribution < 1.29 is 4.79 Å². The zero-order chi connectivity index (χ0) is 13.8. The van der Waals surface area contributed by atoms with Crippen LogP contribution in [0, 0.1) is 0 Å². The second-order valence-corrected chi connectivity index (χ2v) is 5.10. The molecule has 0 saturated heterocycles. The highest BCUT2D eigenvalue weighted by Crippen LogP contribution is 2.15. The molecule has 1 heterocycles. The lowest BCUT2D eigenvalue weighted by atomic mass is 10.1. The van der Waals surface area contributed by atoms with E-state index in [2.05, 4.69) is 26.3 Å². The fourth-order valence-electron chi connectivity index (χ4n) is 1.76. The van der Waals surface area contributed by atoms with Crippen LogP contribution in [-0.2, 0) is 5.33 Å². The highest BCUT2D eigenvalue weighted by atomic mass is 79.9. The number of carbonyl (C=O) groups excluding carboxylic acids is 1. The summed E-state index contributed by atoms with van der Waals surface area (Å²) in [5.74, 6) is 0.591. The third-order valence-corrected chi connectivity index (χ3v) is 3.42. The quantitative estimate of drug-likeness (QED) is 0.874. The Balaban J connectivity index is 2.13. The zero-order valence-electron chi connectivity index (χ0n) is 10.9. The van der Waals surface area contributed by atoms with Gasteiger partial charge in [-0.1, -0.05) is 28.1 Å². The van der Waals surface area contributed by atoms with E-state index in [1.807, 2.05) is 38.1 Å². The molecule has 0 aliphatic rings. The predicted octanol–water partition coefficient (Wildman–Crippen LogP) is 3.61. The van der Waals surface area contributed by atoms with Gasteiger partial charge in [0.05, 0.1) is 6.20 Å². The van der Waals surface area contributed by atoms with E-state index < -0.39 is 0 Å². The summed E-state index contributed by atoms with van der Waals surface area (Å²) in [6.07, 6.45) is 1.68. The lowest BCUT2D eigenvalue weighted by molar-refractivity contribution is 0.102. The van der Waals surface area contributed by atoms with Crippen LogP contribution in [0.1, 0.15) is 35.8 Å². The van der Waals surface area contributed by atoms with Gasteiger partial charge in [-0.3, -0.25) is 4.79 Å². The molecule has 0 saturated carbocycles. The van der Waals surface area contributed by atoms with Crippen molar-refractivity contribution in [3.63, 3.8) is 0 Å². The summed E-state index contributed by atoms with van der Waals surface area (Å²) in [6, 6.07) is 9.52. The number of hydrogen-bond donors (Lipinski definition) is 1. The fraction of sp³-hybridized carbons (Fsp3) is 0.286. The first-order chi connectivity index (χ1) is 9.11. The number of rotatable bonds is 4. The Morgan fingerprint density at radius 3 is 2.58 bits per heavy atom. The molecule has 2 aromatic rings. The van der Waals surface area contributed by atoms with E-state index in [-0.39, 0.29) is 11.9 Å². The predicted molar refractivity (Wildman–Crippen MR) is 79.6 cm³/mol. The van der Waals surface area contributed by atoms with Crippen LogP contribution >= 0.6 is 15.9 Å². The highest BCUT2D eigenvalue weighted by molar-refractivity contribution is 9.08. The first-order valence-electron chi connectivity index (χ1n) is 6.11. The second-order valence-electron chi connectivity index (χ2n) is 4.54. The maximum Gasteiger partial charge on any atom is 0.256 e. The molecule has 1 N–H and O–H groups in total. The van der Waals surface area contributed by atoms with Crippen LogP contribution in [0.25, 0.3) is 0 Å². The van der Waals surface area contributed by atoms with Crippen molar-refractivity contribution in [3.8, 4) is 0 Å². The van der Waals surface area contributed by atoms with E-state index in [4.69, 9.17) is 0 Å². The van der Waals surface area contributed by atoms with Gasteiger partial charge in [-0.15, -0.1) is 0 Å². The number of halogens is 1. The Labute approximate surface area is 120 Å². The summed E-state index contributed by atoms with van der Waals surface area (Å²) in [5.41, 5.74) is 1.78. The zero-order valence-corrected chi connectivity index (χ0v) is 12.5. The fourth-order valence-corrected chi connectivity index (χ4v) is 2.13. The molecule has 0 radical (unpaired) electrons. The van der Waals surface area contributed by atoms with Crippen LogP contribution < -0.4 is 5.32 Å². The summed E-state index contributed by atoms with van der Waals surface area (Å²) in [7, 11) is 0. The molecule has 1 amide bonds. The van der Waals surface area contributed by atoms with Gasteiger partial charge in [-0.2, -0.15) is 5.10 Å². The standard InChI is InChI=1S/C14H16BrN3O/c1-10(2)18-13(7-8-16-18)17-14(19)12-5-3-11(9-15)4-6-12/h3-8,10H,9H2,1-2H3,(H,17,19). The van der Waals surface area contributed by atoms with Gasteiger partial charge in [0.2, 0.25) is 0 Å². The van der Waals surface area contributed by atoms with Gasteiger partial charge in [0.25, 0.3) is 5.91 Å². The number of anilines is 1. The van der Waals surface area contributed by atoms with E-state index >= 15 is 0 Å². The van der Waals surface area contributed by atoms with Crippen molar-refractivity contribution in [2.24, 2.45) is 0 Å². The number of nitrogens with zero attached hydrogens (tertiary/aromatic N) is 2. The third-order valence-electron chi connectivity index (χ3n) is 2.77. The number of hydrogen-bond acceptors (Lipinski definition) is 2. The molecular weight excluding hydrogens is 306 g/mol. The molecule has 1 aromatic heterocycles. The van der Waals surface area contributed by atoms with E-state index in [1.54, 1.807) is 16.9 Å². The van der Waals surface area contributed by atoms with Crippen LogP contribution in [0.3, 0.4) is 0 Å². The average Bonchev–Trinajstić information content (AvgIpc) is 2.87. The molecule has 0 unspecified atom stereocenters. The Hall–Kier alpha value is -1.62. The van der Waals surface area contributed by atoms with Crippen LogP contribution in [0.4, 0.5) is 5.82 Å². The van der Waals surface area contributed by atoms with Crippen molar-refractivity contribution in [3.05, 3.63) is 47.7 Å². The molecule has 100 valence electrons. The second kappa shape index (κ2) is 6.02. The molecule has 2 rings (SSSR count). The summed E-state index contributed by atoms with van der Waals surface area (Å²) in [5, 5.41) is 7.85. The number of aromatic nitrogens is 2. The maximum atomic E-state index is 12.1. The monoisotopic (exact) mass is 321 g/mol. The Morgan fingerprint density at radius 2 is 2.00 bits per heavy atom. The molecule has 0 aliphatic heterocycles. The SMILES string of the molecule is CC(C)n1nccc1NC(=O)c1ccc(CBr)cc1. The van der Waals surface area contributed by atoms with Gasteiger partial charge < -0.3 is 5.32 Å². The topological polar surface area (TPSA) is 46.9 Å². The summed E-state index contributed by atoms with van der Waals surface area (Å²) in [4.78, 5) is 12.1. The molecule has 0 bridgehead atoms. The van der Waals surface area contributed by atoms with E-state index in [9.17, 15) is 4.79 Å². The smallest absolute Gasteiger partial charge is 0.256 e. The lowest BCUT2D eigenvalue weighted by Gasteiger charge is -2.11. The molecule has 19 heavy (non-hydrogen) atoms. The molecule has 1 aromatic carbocycles. The molecule has 0 spiro atoms. The molecule has 0 aliphatic carbocycles. The Bertz CT molecular complexity index is 560. The number of nitrogens with one attached hydrogen (secondary N) is 1. The van der Waals surface area contributed by atoms with Gasteiger partial charge in [-0.25, -0.2) is 4.68 Å². The Kier molecular flexibility index (Phi) is 4.37. The van der Waals surface area contributed by atoms with Crippen molar-refractivity contribution in [1.29, 1.82) is 0 Å². The van der Waals surface area contributed by atoms with Gasteiger partial charge in [0, 0.05) is 23.0 Å².